The molecule has 4 amide bonds. The highest BCUT2D eigenvalue weighted by molar-refractivity contribution is 7.92. The summed E-state index contributed by atoms with van der Waals surface area (Å²) in [5.74, 6) is -0.915. The van der Waals surface area contributed by atoms with Gasteiger partial charge in [-0.3, -0.25) is 9.59 Å². The third-order valence-electron chi connectivity index (χ3n) is 5.70. The fourth-order valence-electron chi connectivity index (χ4n) is 3.71. The van der Waals surface area contributed by atoms with E-state index in [4.69, 9.17) is 11.6 Å². The Morgan fingerprint density at radius 2 is 1.76 bits per heavy atom. The normalized spacial score (nSPS) is 16.2. The average molecular weight is 567 g/mol. The number of anilines is 2. The lowest BCUT2D eigenvalue weighted by Gasteiger charge is -2.20. The molecule has 1 saturated heterocycles. The van der Waals surface area contributed by atoms with Crippen LogP contribution in [0.1, 0.15) is 22.8 Å². The number of alkyl halides is 3. The Balaban J connectivity index is 1.51. The second-order valence-electron chi connectivity index (χ2n) is 8.22. The quantitative estimate of drug-likeness (QED) is 0.435. The molecule has 0 spiro atoms. The minimum atomic E-state index is -5.58. The third kappa shape index (κ3) is 5.20. The number of rotatable bonds is 6. The molecular weight excluding hydrogens is 549 g/mol. The summed E-state index contributed by atoms with van der Waals surface area (Å²) in [5.41, 5.74) is -4.73. The van der Waals surface area contributed by atoms with E-state index in [9.17, 15) is 36.0 Å². The van der Waals surface area contributed by atoms with E-state index in [1.165, 1.54) is 30.2 Å². The number of hydrogen-bond acceptors (Lipinski definition) is 6. The molecule has 38 heavy (non-hydrogen) atoms. The van der Waals surface area contributed by atoms with E-state index < -0.39 is 44.1 Å². The molecule has 4 rings (SSSR count). The van der Waals surface area contributed by atoms with Crippen molar-refractivity contribution >= 4 is 50.8 Å². The highest BCUT2D eigenvalue weighted by Gasteiger charge is 2.47. The number of pyridine rings is 1. The molecule has 3 aromatic rings. The maximum Gasteiger partial charge on any atom is 0.501 e. The standard InChI is InChI=1S/C24H18ClF3N4O5S/c1-14-22(34)32(18-5-7-19(8-6-18)38(36,37)24(26,27)28)23(35)31(14)13-15-9-10-29-20(11-15)30-21(33)16-3-2-4-17(25)12-16/h2-12,14H,13H2,1H3,(H,29,30,33). The Morgan fingerprint density at radius 1 is 1.08 bits per heavy atom. The van der Waals surface area contributed by atoms with Gasteiger partial charge in [-0.2, -0.15) is 13.2 Å². The molecule has 0 aliphatic carbocycles. The van der Waals surface area contributed by atoms with Gasteiger partial charge >= 0.3 is 11.5 Å². The van der Waals surface area contributed by atoms with Crippen molar-refractivity contribution in [2.45, 2.75) is 29.9 Å². The van der Waals surface area contributed by atoms with Crippen LogP contribution in [-0.4, -0.2) is 47.7 Å². The van der Waals surface area contributed by atoms with E-state index in [1.807, 2.05) is 0 Å². The number of imide groups is 1. The molecule has 0 saturated carbocycles. The largest absolute Gasteiger partial charge is 0.501 e. The highest BCUT2D eigenvalue weighted by Crippen LogP contribution is 2.33. The van der Waals surface area contributed by atoms with Crippen LogP contribution in [0.4, 0.5) is 29.5 Å². The Kier molecular flexibility index (Phi) is 7.17. The Labute approximate surface area is 219 Å². The minimum absolute atomic E-state index is 0.0503. The minimum Gasteiger partial charge on any atom is -0.308 e. The first-order valence-electron chi connectivity index (χ1n) is 10.9. The molecule has 0 bridgehead atoms. The fraction of sp³-hybridized carbons (Fsp3) is 0.167. The van der Waals surface area contributed by atoms with E-state index >= 15 is 0 Å². The molecule has 1 aliphatic rings. The second kappa shape index (κ2) is 10.1. The Morgan fingerprint density at radius 3 is 2.39 bits per heavy atom. The topological polar surface area (TPSA) is 117 Å². The first kappa shape index (κ1) is 27.1. The number of carbonyl (C=O) groups excluding carboxylic acids is 3. The molecule has 14 heteroatoms. The van der Waals surface area contributed by atoms with Crippen molar-refractivity contribution in [1.82, 2.24) is 9.88 Å². The van der Waals surface area contributed by atoms with Gasteiger partial charge in [0, 0.05) is 23.3 Å². The maximum absolute atomic E-state index is 13.1. The lowest BCUT2D eigenvalue weighted by Crippen LogP contribution is -2.33. The number of sulfone groups is 1. The monoisotopic (exact) mass is 566 g/mol. The SMILES string of the molecule is CC1C(=O)N(c2ccc(S(=O)(=O)C(F)(F)F)cc2)C(=O)N1Cc1ccnc(NC(=O)c2cccc(Cl)c2)c1. The van der Waals surface area contributed by atoms with Crippen molar-refractivity contribution in [1.29, 1.82) is 0 Å². The average Bonchev–Trinajstić information content (AvgIpc) is 3.06. The van der Waals surface area contributed by atoms with E-state index in [0.717, 1.165) is 17.0 Å². The molecule has 2 aromatic carbocycles. The number of amides is 4. The summed E-state index contributed by atoms with van der Waals surface area (Å²) in [6.07, 6.45) is 1.41. The first-order valence-corrected chi connectivity index (χ1v) is 12.7. The van der Waals surface area contributed by atoms with Gasteiger partial charge in [0.1, 0.15) is 11.9 Å². The molecule has 198 valence electrons. The van der Waals surface area contributed by atoms with Crippen molar-refractivity contribution in [2.75, 3.05) is 10.2 Å². The smallest absolute Gasteiger partial charge is 0.308 e. The van der Waals surface area contributed by atoms with Crippen molar-refractivity contribution in [3.8, 4) is 0 Å². The summed E-state index contributed by atoms with van der Waals surface area (Å²) < 4.78 is 61.6. The summed E-state index contributed by atoms with van der Waals surface area (Å²) >= 11 is 5.92. The van der Waals surface area contributed by atoms with Gasteiger partial charge in [0.05, 0.1) is 10.6 Å². The van der Waals surface area contributed by atoms with Crippen LogP contribution >= 0.6 is 11.6 Å². The van der Waals surface area contributed by atoms with Crippen LogP contribution in [0, 0.1) is 0 Å². The number of nitrogens with zero attached hydrogens (tertiary/aromatic N) is 3. The van der Waals surface area contributed by atoms with Crippen LogP contribution < -0.4 is 10.2 Å². The van der Waals surface area contributed by atoms with Crippen LogP contribution in [0.2, 0.25) is 5.02 Å². The summed E-state index contributed by atoms with van der Waals surface area (Å²) in [6.45, 7) is 1.43. The number of nitrogens with one attached hydrogen (secondary N) is 1. The number of aromatic nitrogens is 1. The number of benzene rings is 2. The Bertz CT molecular complexity index is 1530. The summed E-state index contributed by atoms with van der Waals surface area (Å²) in [6, 6.07) is 11.0. The molecule has 1 atom stereocenters. The second-order valence-corrected chi connectivity index (χ2v) is 10.6. The summed E-state index contributed by atoms with van der Waals surface area (Å²) in [5, 5.41) is 3.01. The number of carbonyl (C=O) groups is 3. The zero-order valence-electron chi connectivity index (χ0n) is 19.4. The van der Waals surface area contributed by atoms with Gasteiger partial charge in [-0.15, -0.1) is 0 Å². The molecule has 1 unspecified atom stereocenters. The molecule has 9 nitrogen and oxygen atoms in total. The van der Waals surface area contributed by atoms with Gasteiger partial charge in [0.15, 0.2) is 0 Å². The molecule has 2 heterocycles. The van der Waals surface area contributed by atoms with E-state index in [1.54, 1.807) is 24.3 Å². The van der Waals surface area contributed by atoms with Crippen LogP contribution in [0.15, 0.2) is 71.8 Å². The van der Waals surface area contributed by atoms with Crippen LogP contribution in [0.3, 0.4) is 0 Å². The Hall–Kier alpha value is -3.97. The molecule has 0 radical (unpaired) electrons. The lowest BCUT2D eigenvalue weighted by atomic mass is 10.2. The van der Waals surface area contributed by atoms with E-state index in [0.29, 0.717) is 28.3 Å². The number of hydrogen-bond donors (Lipinski definition) is 1. The molecule has 1 aromatic heterocycles. The van der Waals surface area contributed by atoms with Gasteiger partial charge in [0.2, 0.25) is 0 Å². The predicted molar refractivity (Wildman–Crippen MR) is 131 cm³/mol. The molecular formula is C24H18ClF3N4O5S. The molecule has 1 fully saturated rings. The zero-order chi connectivity index (χ0) is 27.8. The van der Waals surface area contributed by atoms with E-state index in [2.05, 4.69) is 10.3 Å². The molecule has 1 N–H and O–H groups in total. The third-order valence-corrected chi connectivity index (χ3v) is 7.44. The van der Waals surface area contributed by atoms with Gasteiger partial charge in [-0.05, 0) is 67.1 Å². The van der Waals surface area contributed by atoms with Crippen molar-refractivity contribution in [3.05, 3.63) is 83.0 Å². The van der Waals surface area contributed by atoms with Crippen LogP contribution in [0.25, 0.3) is 0 Å². The lowest BCUT2D eigenvalue weighted by molar-refractivity contribution is -0.119. The summed E-state index contributed by atoms with van der Waals surface area (Å²) in [7, 11) is -5.58. The predicted octanol–water partition coefficient (Wildman–Crippen LogP) is 4.64. The summed E-state index contributed by atoms with van der Waals surface area (Å²) in [4.78, 5) is 43.5. The number of halogens is 4. The first-order chi connectivity index (χ1) is 17.8. The van der Waals surface area contributed by atoms with Crippen molar-refractivity contribution < 1.29 is 36.0 Å². The van der Waals surface area contributed by atoms with Gasteiger partial charge in [-0.25, -0.2) is 23.1 Å². The maximum atomic E-state index is 13.1. The van der Waals surface area contributed by atoms with Gasteiger partial charge < -0.3 is 10.2 Å². The van der Waals surface area contributed by atoms with Crippen molar-refractivity contribution in [2.24, 2.45) is 0 Å². The zero-order valence-corrected chi connectivity index (χ0v) is 21.0. The van der Waals surface area contributed by atoms with Gasteiger partial charge in [0.25, 0.3) is 21.7 Å². The van der Waals surface area contributed by atoms with Crippen molar-refractivity contribution in [3.63, 3.8) is 0 Å². The fourth-order valence-corrected chi connectivity index (χ4v) is 4.67. The van der Waals surface area contributed by atoms with Gasteiger partial charge in [-0.1, -0.05) is 17.7 Å². The highest BCUT2D eigenvalue weighted by atomic mass is 35.5. The van der Waals surface area contributed by atoms with Crippen LogP contribution in [0.5, 0.6) is 0 Å². The number of urea groups is 1. The van der Waals surface area contributed by atoms with E-state index in [-0.39, 0.29) is 18.1 Å². The van der Waals surface area contributed by atoms with Crippen LogP contribution in [-0.2, 0) is 21.2 Å². The molecule has 1 aliphatic heterocycles.